The lowest BCUT2D eigenvalue weighted by atomic mass is 10.0. The second-order valence-electron chi connectivity index (χ2n) is 7.67. The average molecular weight is 542 g/mol. The van der Waals surface area contributed by atoms with Crippen molar-refractivity contribution in [3.8, 4) is 0 Å². The van der Waals surface area contributed by atoms with Crippen molar-refractivity contribution in [1.29, 1.82) is 0 Å². The first-order valence-electron chi connectivity index (χ1n) is 10.8. The van der Waals surface area contributed by atoms with Gasteiger partial charge in [-0.3, -0.25) is 4.90 Å². The van der Waals surface area contributed by atoms with Gasteiger partial charge in [0.25, 0.3) is 0 Å². The van der Waals surface area contributed by atoms with Gasteiger partial charge >= 0.3 is 11.5 Å². The number of rotatable bonds is 7. The van der Waals surface area contributed by atoms with E-state index in [4.69, 9.17) is 28.9 Å². The van der Waals surface area contributed by atoms with Crippen LogP contribution in [0.1, 0.15) is 30.5 Å². The molecule has 0 fully saturated rings. The molecule has 3 N–H and O–H groups in total. The van der Waals surface area contributed by atoms with E-state index >= 15 is 0 Å². The Bertz CT molecular complexity index is 1160. The first kappa shape index (κ1) is 27.0. The molecule has 0 atom stereocenters. The summed E-state index contributed by atoms with van der Waals surface area (Å²) < 4.78 is 38.3. The Hall–Kier alpha value is -2.55. The van der Waals surface area contributed by atoms with Gasteiger partial charge in [0.05, 0.1) is 12.2 Å². The van der Waals surface area contributed by atoms with Crippen molar-refractivity contribution in [3.05, 3.63) is 81.3 Å². The summed E-state index contributed by atoms with van der Waals surface area (Å²) in [5, 5.41) is 3.96. The minimum atomic E-state index is -4.40. The predicted molar refractivity (Wildman–Crippen MR) is 140 cm³/mol. The van der Waals surface area contributed by atoms with Gasteiger partial charge in [-0.2, -0.15) is 13.2 Å². The van der Waals surface area contributed by atoms with E-state index in [1.54, 1.807) is 30.3 Å². The number of carbonyl (C=O) groups excluding carboxylic acids is 1. The van der Waals surface area contributed by atoms with Crippen LogP contribution in [0, 0.1) is 0 Å². The second kappa shape index (κ2) is 11.5. The van der Waals surface area contributed by atoms with Crippen LogP contribution < -0.4 is 16.0 Å². The Labute approximate surface area is 216 Å². The molecule has 0 heterocycles. The van der Waals surface area contributed by atoms with Crippen LogP contribution in [0.25, 0.3) is 0 Å². The summed E-state index contributed by atoms with van der Waals surface area (Å²) in [6.07, 6.45) is 1.15. The Morgan fingerprint density at radius 3 is 2.14 bits per heavy atom. The molecule has 3 aromatic carbocycles. The summed E-state index contributed by atoms with van der Waals surface area (Å²) in [6.45, 7) is 4.01. The molecule has 0 aliphatic rings. The van der Waals surface area contributed by atoms with E-state index in [1.165, 1.54) is 29.2 Å². The van der Waals surface area contributed by atoms with Crippen LogP contribution in [0.2, 0.25) is 10.0 Å². The fraction of sp³-hybridized carbons (Fsp3) is 0.240. The summed E-state index contributed by atoms with van der Waals surface area (Å²) in [5.41, 5.74) is 5.53. The zero-order chi connectivity index (χ0) is 25.8. The molecule has 186 valence electrons. The van der Waals surface area contributed by atoms with Gasteiger partial charge in [0, 0.05) is 26.3 Å². The number of halogens is 5. The van der Waals surface area contributed by atoms with Crippen LogP contribution in [0.3, 0.4) is 0 Å². The van der Waals surface area contributed by atoms with Crippen LogP contribution >= 0.6 is 35.0 Å². The lowest BCUT2D eigenvalue weighted by molar-refractivity contribution is -0.0328. The lowest BCUT2D eigenvalue weighted by Crippen LogP contribution is -2.35. The minimum absolute atomic E-state index is 0.0252. The average Bonchev–Trinajstić information content (AvgIpc) is 2.78. The minimum Gasteiger partial charge on any atom is -0.398 e. The van der Waals surface area contributed by atoms with Crippen molar-refractivity contribution in [3.63, 3.8) is 0 Å². The van der Waals surface area contributed by atoms with Crippen LogP contribution in [-0.4, -0.2) is 11.5 Å². The third-order valence-electron chi connectivity index (χ3n) is 5.34. The van der Waals surface area contributed by atoms with E-state index in [2.05, 4.69) is 5.32 Å². The van der Waals surface area contributed by atoms with Gasteiger partial charge < -0.3 is 11.1 Å². The van der Waals surface area contributed by atoms with Crippen molar-refractivity contribution in [2.24, 2.45) is 0 Å². The largest absolute Gasteiger partial charge is 0.446 e. The molecule has 3 aromatic rings. The maximum atomic E-state index is 13.6. The Balaban J connectivity index is 1.99. The predicted octanol–water partition coefficient (Wildman–Crippen LogP) is 8.55. The number of hydrogen-bond donors (Lipinski definition) is 2. The lowest BCUT2D eigenvalue weighted by Gasteiger charge is -2.26. The SMILES string of the molecule is CCc1c(N)cc(Cl)c(CC)c1NC(=O)N(Cc1ccc(Cl)cc1)c1ccc(SC(F)(F)F)cc1. The number of carbonyl (C=O) groups is 1. The molecule has 4 nitrogen and oxygen atoms in total. The zero-order valence-corrected chi connectivity index (χ0v) is 21.4. The monoisotopic (exact) mass is 541 g/mol. The Morgan fingerprint density at radius 1 is 1.00 bits per heavy atom. The normalized spacial score (nSPS) is 11.4. The van der Waals surface area contributed by atoms with Gasteiger partial charge in [-0.15, -0.1) is 0 Å². The smallest absolute Gasteiger partial charge is 0.398 e. The third-order valence-corrected chi connectivity index (χ3v) is 6.67. The number of nitrogen functional groups attached to an aromatic ring is 1. The number of nitrogens with zero attached hydrogens (tertiary/aromatic N) is 1. The van der Waals surface area contributed by atoms with Gasteiger partial charge in [-0.05, 0) is 83.8 Å². The van der Waals surface area contributed by atoms with Crippen molar-refractivity contribution in [2.45, 2.75) is 43.6 Å². The topological polar surface area (TPSA) is 58.4 Å². The maximum absolute atomic E-state index is 13.6. The van der Waals surface area contributed by atoms with Crippen molar-refractivity contribution < 1.29 is 18.0 Å². The number of amides is 2. The first-order valence-corrected chi connectivity index (χ1v) is 12.4. The number of thioether (sulfide) groups is 1. The van der Waals surface area contributed by atoms with E-state index in [1.807, 2.05) is 13.8 Å². The number of nitrogens with two attached hydrogens (primary N) is 1. The van der Waals surface area contributed by atoms with Crippen LogP contribution in [0.4, 0.5) is 35.0 Å². The summed E-state index contributed by atoms with van der Waals surface area (Å²) in [7, 11) is 0. The van der Waals surface area contributed by atoms with Gasteiger partial charge in [-0.25, -0.2) is 4.79 Å². The molecule has 0 saturated heterocycles. The molecule has 2 amide bonds. The van der Waals surface area contributed by atoms with Gasteiger partial charge in [0.2, 0.25) is 0 Å². The molecule has 0 radical (unpaired) electrons. The van der Waals surface area contributed by atoms with Crippen LogP contribution in [0.5, 0.6) is 0 Å². The van der Waals surface area contributed by atoms with Gasteiger partial charge in [0.15, 0.2) is 0 Å². The van der Waals surface area contributed by atoms with Crippen molar-refractivity contribution in [1.82, 2.24) is 0 Å². The Morgan fingerprint density at radius 2 is 1.60 bits per heavy atom. The number of hydrogen-bond acceptors (Lipinski definition) is 3. The molecular weight excluding hydrogens is 518 g/mol. The summed E-state index contributed by atoms with van der Waals surface area (Å²) in [6, 6.07) is 13.8. The molecule has 0 saturated carbocycles. The zero-order valence-electron chi connectivity index (χ0n) is 19.0. The quantitative estimate of drug-likeness (QED) is 0.232. The summed E-state index contributed by atoms with van der Waals surface area (Å²) in [5.74, 6) is 0. The molecule has 0 aromatic heterocycles. The number of benzene rings is 3. The molecule has 0 aliphatic carbocycles. The van der Waals surface area contributed by atoms with Crippen LogP contribution in [0.15, 0.2) is 59.5 Å². The standard InChI is InChI=1S/C25H24Cl2F3N3OS/c1-3-19-21(27)13-22(31)20(4-2)23(19)32-24(34)33(14-15-5-7-16(26)8-6-15)17-9-11-18(12-10-17)35-25(28,29)30/h5-13H,3-4,14,31H2,1-2H3,(H,32,34). The molecular formula is C25H24Cl2F3N3OS. The highest BCUT2D eigenvalue weighted by atomic mass is 35.5. The molecule has 0 unspecified atom stereocenters. The summed E-state index contributed by atoms with van der Waals surface area (Å²) >= 11 is 12.2. The van der Waals surface area contributed by atoms with E-state index < -0.39 is 11.5 Å². The van der Waals surface area contributed by atoms with E-state index in [-0.39, 0.29) is 23.2 Å². The number of urea groups is 1. The van der Waals surface area contributed by atoms with Crippen molar-refractivity contribution in [2.75, 3.05) is 16.0 Å². The van der Waals surface area contributed by atoms with E-state index in [0.29, 0.717) is 39.9 Å². The summed E-state index contributed by atoms with van der Waals surface area (Å²) in [4.78, 5) is 15.0. The second-order valence-corrected chi connectivity index (χ2v) is 9.65. The number of nitrogens with one attached hydrogen (secondary N) is 1. The Kier molecular flexibility index (Phi) is 8.85. The highest BCUT2D eigenvalue weighted by Gasteiger charge is 2.29. The molecule has 0 spiro atoms. The van der Waals surface area contributed by atoms with E-state index in [0.717, 1.165) is 16.7 Å². The maximum Gasteiger partial charge on any atom is 0.446 e. The van der Waals surface area contributed by atoms with Crippen LogP contribution in [-0.2, 0) is 19.4 Å². The van der Waals surface area contributed by atoms with E-state index in [9.17, 15) is 18.0 Å². The molecule has 10 heteroatoms. The number of anilines is 3. The fourth-order valence-corrected chi connectivity index (χ4v) is 4.70. The first-order chi connectivity index (χ1) is 16.5. The molecule has 0 bridgehead atoms. The van der Waals surface area contributed by atoms with Crippen molar-refractivity contribution >= 4 is 58.1 Å². The van der Waals surface area contributed by atoms with Gasteiger partial charge in [0.1, 0.15) is 0 Å². The van der Waals surface area contributed by atoms with Gasteiger partial charge in [-0.1, -0.05) is 49.2 Å². The fourth-order valence-electron chi connectivity index (χ4n) is 3.69. The number of alkyl halides is 3. The third kappa shape index (κ3) is 6.99. The highest BCUT2D eigenvalue weighted by molar-refractivity contribution is 8.00. The molecule has 0 aliphatic heterocycles. The molecule has 35 heavy (non-hydrogen) atoms. The molecule has 3 rings (SSSR count). The highest BCUT2D eigenvalue weighted by Crippen LogP contribution is 2.38.